The average molecular weight is 396 g/mol. The molecule has 1 aromatic heterocycles. The van der Waals surface area contributed by atoms with Gasteiger partial charge in [0, 0.05) is 22.6 Å². The number of hydrogen-bond donors (Lipinski definition) is 1. The van der Waals surface area contributed by atoms with E-state index in [4.69, 9.17) is 27.9 Å². The van der Waals surface area contributed by atoms with E-state index in [0.29, 0.717) is 16.6 Å². The van der Waals surface area contributed by atoms with Crippen molar-refractivity contribution < 1.29 is 14.4 Å². The number of ketones is 1. The van der Waals surface area contributed by atoms with E-state index < -0.39 is 0 Å². The predicted molar refractivity (Wildman–Crippen MR) is 105 cm³/mol. The first-order valence-corrected chi connectivity index (χ1v) is 9.68. The second-order valence-corrected chi connectivity index (χ2v) is 8.05. The van der Waals surface area contributed by atoms with E-state index >= 15 is 0 Å². The summed E-state index contributed by atoms with van der Waals surface area (Å²) in [6.45, 7) is 10.3. The highest BCUT2D eigenvalue weighted by atomic mass is 35.5. The highest BCUT2D eigenvalue weighted by Crippen LogP contribution is 2.27. The Morgan fingerprint density at radius 1 is 1.15 bits per heavy atom. The van der Waals surface area contributed by atoms with Crippen LogP contribution in [0.5, 0.6) is 0 Å². The van der Waals surface area contributed by atoms with Crippen LogP contribution in [0.1, 0.15) is 35.6 Å². The molecule has 0 aliphatic carbocycles. The number of aryl methyl sites for hydroxylation is 1. The Morgan fingerprint density at radius 2 is 1.81 bits per heavy atom. The maximum atomic E-state index is 12.9. The normalized spacial score (nSPS) is 23.2. The number of ether oxygens (including phenoxy) is 1. The van der Waals surface area contributed by atoms with Crippen molar-refractivity contribution in [3.05, 3.63) is 51.3 Å². The molecule has 0 bridgehead atoms. The molecule has 0 saturated carbocycles. The van der Waals surface area contributed by atoms with Gasteiger partial charge < -0.3 is 14.2 Å². The zero-order valence-electron chi connectivity index (χ0n) is 15.6. The van der Waals surface area contributed by atoms with Gasteiger partial charge in [-0.3, -0.25) is 4.79 Å². The number of benzene rings is 1. The number of carbonyl (C=O) groups is 1. The molecule has 1 aliphatic rings. The number of nitrogens with one attached hydrogen (secondary N) is 1. The highest BCUT2D eigenvalue weighted by Gasteiger charge is 2.28. The Morgan fingerprint density at radius 3 is 2.42 bits per heavy atom. The summed E-state index contributed by atoms with van der Waals surface area (Å²) in [5, 5.41) is 1.03. The summed E-state index contributed by atoms with van der Waals surface area (Å²) in [6, 6.07) is 7.49. The van der Waals surface area contributed by atoms with Crippen LogP contribution >= 0.6 is 23.2 Å². The topological polar surface area (TPSA) is 35.7 Å². The summed E-state index contributed by atoms with van der Waals surface area (Å²) < 4.78 is 7.82. The summed E-state index contributed by atoms with van der Waals surface area (Å²) in [4.78, 5) is 14.2. The minimum absolute atomic E-state index is 0.167. The van der Waals surface area contributed by atoms with Gasteiger partial charge in [-0.1, -0.05) is 23.2 Å². The lowest BCUT2D eigenvalue weighted by molar-refractivity contribution is -0.906. The number of Topliss-reactive ketones (excluding diaryl/α,β-unsaturated/α-hetero) is 1. The van der Waals surface area contributed by atoms with E-state index in [1.807, 2.05) is 32.0 Å². The van der Waals surface area contributed by atoms with Gasteiger partial charge in [0.25, 0.3) is 0 Å². The van der Waals surface area contributed by atoms with E-state index in [2.05, 4.69) is 18.4 Å². The second kappa shape index (κ2) is 7.73. The smallest absolute Gasteiger partial charge is 0.218 e. The third-order valence-corrected chi connectivity index (χ3v) is 5.66. The Balaban J connectivity index is 1.85. The maximum absolute atomic E-state index is 12.9. The standard InChI is InChI=1S/C20H24Cl2N2O2/c1-12-7-17(20(25)11-23-9-13(2)26-14(3)10-23)15(4)24(12)16-5-6-18(21)19(22)8-16/h5-8,13-14H,9-11H2,1-4H3/p+1/t13-,14+. The molecule has 3 atom stereocenters. The molecular formula is C20H25Cl2N2O2+. The number of quaternary nitrogens is 1. The fourth-order valence-electron chi connectivity index (χ4n) is 3.92. The van der Waals surface area contributed by atoms with Crippen LogP contribution in [-0.4, -0.2) is 42.2 Å². The lowest BCUT2D eigenvalue weighted by Gasteiger charge is -2.31. The van der Waals surface area contributed by atoms with Crippen LogP contribution in [0.25, 0.3) is 5.69 Å². The van der Waals surface area contributed by atoms with Crippen molar-refractivity contribution in [1.82, 2.24) is 4.57 Å². The monoisotopic (exact) mass is 395 g/mol. The summed E-state index contributed by atoms with van der Waals surface area (Å²) in [6.07, 6.45) is 0.371. The number of morpholine rings is 1. The molecule has 2 aromatic rings. The molecular weight excluding hydrogens is 371 g/mol. The molecule has 140 valence electrons. The average Bonchev–Trinajstić information content (AvgIpc) is 2.84. The van der Waals surface area contributed by atoms with Crippen molar-refractivity contribution in [2.45, 2.75) is 39.9 Å². The largest absolute Gasteiger partial charge is 0.364 e. The number of carbonyl (C=O) groups excluding carboxylic acids is 1. The minimum Gasteiger partial charge on any atom is -0.364 e. The minimum atomic E-state index is 0.167. The zero-order valence-corrected chi connectivity index (χ0v) is 17.1. The summed E-state index contributed by atoms with van der Waals surface area (Å²) in [5.74, 6) is 0.167. The highest BCUT2D eigenvalue weighted by molar-refractivity contribution is 6.42. The van der Waals surface area contributed by atoms with Gasteiger partial charge >= 0.3 is 0 Å². The SMILES string of the molecule is Cc1cc(C(=O)C[NH+]2C[C@@H](C)O[C@@H](C)C2)c(C)n1-c1ccc(Cl)c(Cl)c1. The van der Waals surface area contributed by atoms with Crippen LogP contribution in [0.15, 0.2) is 24.3 Å². The zero-order chi connectivity index (χ0) is 19.0. The van der Waals surface area contributed by atoms with Gasteiger partial charge in [0.1, 0.15) is 31.8 Å². The van der Waals surface area contributed by atoms with Crippen LogP contribution in [0.3, 0.4) is 0 Å². The lowest BCUT2D eigenvalue weighted by Crippen LogP contribution is -3.16. The quantitative estimate of drug-likeness (QED) is 0.806. The predicted octanol–water partition coefficient (Wildman–Crippen LogP) is 3.28. The molecule has 0 amide bonds. The van der Waals surface area contributed by atoms with Crippen LogP contribution < -0.4 is 4.90 Å². The maximum Gasteiger partial charge on any atom is 0.218 e. The number of hydrogen-bond acceptors (Lipinski definition) is 2. The molecule has 6 heteroatoms. The first-order valence-electron chi connectivity index (χ1n) is 8.93. The van der Waals surface area contributed by atoms with Gasteiger partial charge in [-0.2, -0.15) is 0 Å². The van der Waals surface area contributed by atoms with E-state index in [1.54, 1.807) is 6.07 Å². The van der Waals surface area contributed by atoms with E-state index in [-0.39, 0.29) is 18.0 Å². The molecule has 1 unspecified atom stereocenters. The molecule has 1 N–H and O–H groups in total. The van der Waals surface area contributed by atoms with E-state index in [9.17, 15) is 4.79 Å². The first-order chi connectivity index (χ1) is 12.3. The lowest BCUT2D eigenvalue weighted by atomic mass is 10.1. The molecule has 1 aromatic carbocycles. The van der Waals surface area contributed by atoms with Gasteiger partial charge in [0.05, 0.1) is 10.0 Å². The molecule has 1 saturated heterocycles. The third kappa shape index (κ3) is 3.99. The molecule has 4 nitrogen and oxygen atoms in total. The van der Waals surface area contributed by atoms with Gasteiger partial charge in [-0.05, 0) is 52.0 Å². The van der Waals surface area contributed by atoms with Crippen molar-refractivity contribution in [3.63, 3.8) is 0 Å². The van der Waals surface area contributed by atoms with Gasteiger partial charge in [-0.15, -0.1) is 0 Å². The van der Waals surface area contributed by atoms with Crippen molar-refractivity contribution in [3.8, 4) is 5.69 Å². The number of halogens is 2. The van der Waals surface area contributed by atoms with Crippen LogP contribution in [0.2, 0.25) is 10.0 Å². The van der Waals surface area contributed by atoms with Crippen molar-refractivity contribution in [1.29, 1.82) is 0 Å². The van der Waals surface area contributed by atoms with Crippen molar-refractivity contribution in [2.24, 2.45) is 0 Å². The molecule has 0 radical (unpaired) electrons. The van der Waals surface area contributed by atoms with Gasteiger partial charge in [-0.25, -0.2) is 0 Å². The first kappa shape index (κ1) is 19.4. The molecule has 3 rings (SSSR count). The fraction of sp³-hybridized carbons (Fsp3) is 0.450. The summed E-state index contributed by atoms with van der Waals surface area (Å²) in [7, 11) is 0. The van der Waals surface area contributed by atoms with E-state index in [0.717, 1.165) is 35.7 Å². The molecule has 1 aliphatic heterocycles. The fourth-order valence-corrected chi connectivity index (χ4v) is 4.21. The Labute approximate surface area is 164 Å². The molecule has 2 heterocycles. The Hall–Kier alpha value is -1.33. The Kier molecular flexibility index (Phi) is 5.78. The number of aromatic nitrogens is 1. The van der Waals surface area contributed by atoms with Crippen LogP contribution in [0, 0.1) is 13.8 Å². The van der Waals surface area contributed by atoms with Crippen molar-refractivity contribution >= 4 is 29.0 Å². The Bertz CT molecular complexity index is 821. The molecule has 0 spiro atoms. The second-order valence-electron chi connectivity index (χ2n) is 7.23. The van der Waals surface area contributed by atoms with Crippen molar-refractivity contribution in [2.75, 3.05) is 19.6 Å². The van der Waals surface area contributed by atoms with Crippen LogP contribution in [0.4, 0.5) is 0 Å². The van der Waals surface area contributed by atoms with Crippen LogP contribution in [-0.2, 0) is 4.74 Å². The molecule has 1 fully saturated rings. The number of nitrogens with zero attached hydrogens (tertiary/aromatic N) is 1. The molecule has 26 heavy (non-hydrogen) atoms. The number of rotatable bonds is 4. The third-order valence-electron chi connectivity index (χ3n) is 4.92. The summed E-state index contributed by atoms with van der Waals surface area (Å²) >= 11 is 12.2. The van der Waals surface area contributed by atoms with Gasteiger partial charge in [0.15, 0.2) is 0 Å². The summed E-state index contributed by atoms with van der Waals surface area (Å²) in [5.41, 5.74) is 3.62. The van der Waals surface area contributed by atoms with E-state index in [1.165, 1.54) is 4.90 Å². The van der Waals surface area contributed by atoms with Gasteiger partial charge in [0.2, 0.25) is 5.78 Å².